The number of aromatic nitrogens is 1. The summed E-state index contributed by atoms with van der Waals surface area (Å²) < 4.78 is 4.31. The van der Waals surface area contributed by atoms with E-state index >= 15 is 0 Å². The number of unbranched alkanes of at least 4 members (excludes halogenated alkanes) is 3. The molecule has 0 aromatic carbocycles. The number of carbonyl (C=O) groups is 2. The number of carbonyl (C=O) groups excluding carboxylic acids is 2. The molecule has 152 valence electrons. The highest BCUT2D eigenvalue weighted by Crippen LogP contribution is 2.32. The van der Waals surface area contributed by atoms with Gasteiger partial charge in [-0.15, -0.1) is 11.8 Å². The quantitative estimate of drug-likeness (QED) is 0.359. The van der Waals surface area contributed by atoms with Crippen LogP contribution in [0.25, 0.3) is 0 Å². The molecule has 7 nitrogen and oxygen atoms in total. The van der Waals surface area contributed by atoms with E-state index in [9.17, 15) is 9.59 Å². The van der Waals surface area contributed by atoms with E-state index in [2.05, 4.69) is 26.8 Å². The van der Waals surface area contributed by atoms with Crippen molar-refractivity contribution in [1.29, 1.82) is 0 Å². The summed E-state index contributed by atoms with van der Waals surface area (Å²) in [6, 6.07) is -0.318. The zero-order chi connectivity index (χ0) is 19.5. The van der Waals surface area contributed by atoms with Crippen molar-refractivity contribution in [3.05, 3.63) is 5.56 Å². The molecule has 0 aliphatic carbocycles. The lowest BCUT2D eigenvalue weighted by molar-refractivity contribution is 0.0998. The molecule has 1 aliphatic heterocycles. The second-order valence-electron chi connectivity index (χ2n) is 6.75. The van der Waals surface area contributed by atoms with E-state index < -0.39 is 5.91 Å². The Bertz CT molecular complexity index is 603. The predicted molar refractivity (Wildman–Crippen MR) is 113 cm³/mol. The molecule has 0 unspecified atom stereocenters. The van der Waals surface area contributed by atoms with Crippen LogP contribution in [0, 0.1) is 0 Å². The Labute approximate surface area is 170 Å². The SMILES string of the molecule is CCCCCCSc1nsc(NC(=O)NCCCN2CCCC2)c1C(N)=O. The van der Waals surface area contributed by atoms with Crippen LogP contribution < -0.4 is 16.4 Å². The Morgan fingerprint density at radius 1 is 1.22 bits per heavy atom. The van der Waals surface area contributed by atoms with Crippen LogP contribution in [0.3, 0.4) is 0 Å². The lowest BCUT2D eigenvalue weighted by Crippen LogP contribution is -2.32. The van der Waals surface area contributed by atoms with E-state index in [1.165, 1.54) is 43.9 Å². The normalized spacial score (nSPS) is 14.4. The lowest BCUT2D eigenvalue weighted by Gasteiger charge is -2.14. The summed E-state index contributed by atoms with van der Waals surface area (Å²) >= 11 is 2.64. The molecule has 0 atom stereocenters. The van der Waals surface area contributed by atoms with Gasteiger partial charge in [0.15, 0.2) is 0 Å². The largest absolute Gasteiger partial charge is 0.365 e. The molecular weight excluding hydrogens is 382 g/mol. The maximum atomic E-state index is 12.1. The van der Waals surface area contributed by atoms with Gasteiger partial charge in [-0.25, -0.2) is 4.79 Å². The topological polar surface area (TPSA) is 100 Å². The number of nitrogens with two attached hydrogens (primary N) is 1. The molecule has 1 aromatic rings. The molecule has 4 N–H and O–H groups in total. The van der Waals surface area contributed by atoms with Crippen molar-refractivity contribution in [2.45, 2.75) is 56.9 Å². The molecule has 1 fully saturated rings. The molecule has 2 rings (SSSR count). The van der Waals surface area contributed by atoms with Crippen molar-refractivity contribution in [2.75, 3.05) is 37.2 Å². The molecule has 0 radical (unpaired) electrons. The monoisotopic (exact) mass is 413 g/mol. The zero-order valence-electron chi connectivity index (χ0n) is 16.1. The molecule has 0 spiro atoms. The number of hydrogen-bond donors (Lipinski definition) is 3. The first-order valence-electron chi connectivity index (χ1n) is 9.81. The highest BCUT2D eigenvalue weighted by Gasteiger charge is 2.20. The van der Waals surface area contributed by atoms with Gasteiger partial charge >= 0.3 is 6.03 Å². The second kappa shape index (κ2) is 12.2. The van der Waals surface area contributed by atoms with Crippen LogP contribution in [0.5, 0.6) is 0 Å². The fourth-order valence-corrected chi connectivity index (χ4v) is 5.00. The van der Waals surface area contributed by atoms with Gasteiger partial charge in [-0.3, -0.25) is 10.1 Å². The Balaban J connectivity index is 1.76. The van der Waals surface area contributed by atoms with Crippen molar-refractivity contribution < 1.29 is 9.59 Å². The fourth-order valence-electron chi connectivity index (χ4n) is 3.03. The van der Waals surface area contributed by atoms with Gasteiger partial charge in [0.05, 0.1) is 0 Å². The molecular formula is C18H31N5O2S2. The summed E-state index contributed by atoms with van der Waals surface area (Å²) in [6.07, 6.45) is 8.11. The van der Waals surface area contributed by atoms with E-state index in [4.69, 9.17) is 5.73 Å². The first-order valence-corrected chi connectivity index (χ1v) is 11.6. The summed E-state index contributed by atoms with van der Waals surface area (Å²) in [4.78, 5) is 26.3. The molecule has 1 aliphatic rings. The number of nitrogens with one attached hydrogen (secondary N) is 2. The van der Waals surface area contributed by atoms with Gasteiger partial charge < -0.3 is 16.0 Å². The maximum absolute atomic E-state index is 12.1. The average Bonchev–Trinajstić information content (AvgIpc) is 3.28. The van der Waals surface area contributed by atoms with E-state index in [-0.39, 0.29) is 6.03 Å². The number of anilines is 1. The van der Waals surface area contributed by atoms with Crippen LogP contribution in [0.2, 0.25) is 0 Å². The minimum Gasteiger partial charge on any atom is -0.365 e. The van der Waals surface area contributed by atoms with Crippen LogP contribution in [-0.2, 0) is 0 Å². The van der Waals surface area contributed by atoms with Crippen molar-refractivity contribution in [1.82, 2.24) is 14.6 Å². The van der Waals surface area contributed by atoms with Gasteiger partial charge in [0, 0.05) is 6.54 Å². The minimum atomic E-state index is -0.552. The number of likely N-dealkylation sites (tertiary alicyclic amines) is 1. The van der Waals surface area contributed by atoms with Gasteiger partial charge in [-0.1, -0.05) is 26.2 Å². The molecule has 2 heterocycles. The van der Waals surface area contributed by atoms with Crippen molar-refractivity contribution in [3.63, 3.8) is 0 Å². The van der Waals surface area contributed by atoms with Crippen LogP contribution >= 0.6 is 23.3 Å². The van der Waals surface area contributed by atoms with Gasteiger partial charge in [-0.2, -0.15) is 4.37 Å². The van der Waals surface area contributed by atoms with Crippen LogP contribution in [0.4, 0.5) is 9.80 Å². The average molecular weight is 414 g/mol. The highest BCUT2D eigenvalue weighted by atomic mass is 32.2. The van der Waals surface area contributed by atoms with E-state index in [0.717, 1.165) is 49.8 Å². The Kier molecular flexibility index (Phi) is 9.93. The van der Waals surface area contributed by atoms with Gasteiger partial charge in [-0.05, 0) is 62.6 Å². The van der Waals surface area contributed by atoms with Crippen molar-refractivity contribution >= 4 is 40.2 Å². The van der Waals surface area contributed by atoms with E-state index in [1.54, 1.807) is 0 Å². The molecule has 3 amide bonds. The van der Waals surface area contributed by atoms with Gasteiger partial charge in [0.1, 0.15) is 15.6 Å². The smallest absolute Gasteiger partial charge is 0.319 e. The Morgan fingerprint density at radius 2 is 2.00 bits per heavy atom. The third-order valence-electron chi connectivity index (χ3n) is 4.51. The molecule has 27 heavy (non-hydrogen) atoms. The van der Waals surface area contributed by atoms with Gasteiger partial charge in [0.25, 0.3) is 5.91 Å². The Morgan fingerprint density at radius 3 is 2.70 bits per heavy atom. The van der Waals surface area contributed by atoms with Crippen molar-refractivity contribution in [3.8, 4) is 0 Å². The van der Waals surface area contributed by atoms with Gasteiger partial charge in [0.2, 0.25) is 0 Å². The van der Waals surface area contributed by atoms with Crippen molar-refractivity contribution in [2.24, 2.45) is 5.73 Å². The number of amides is 3. The Hall–Kier alpha value is -1.32. The van der Waals surface area contributed by atoms with Crippen LogP contribution in [0.15, 0.2) is 5.03 Å². The molecule has 0 bridgehead atoms. The summed E-state index contributed by atoms with van der Waals surface area (Å²) in [6.45, 7) is 6.11. The number of rotatable bonds is 12. The maximum Gasteiger partial charge on any atom is 0.319 e. The third-order valence-corrected chi connectivity index (χ3v) is 6.45. The number of urea groups is 1. The number of thioether (sulfide) groups is 1. The number of primary amides is 1. The van der Waals surface area contributed by atoms with Crippen LogP contribution in [-0.4, -0.2) is 53.1 Å². The summed E-state index contributed by atoms with van der Waals surface area (Å²) in [5, 5.41) is 6.62. The molecule has 1 saturated heterocycles. The van der Waals surface area contributed by atoms with Crippen LogP contribution in [0.1, 0.15) is 62.2 Å². The number of nitrogens with zero attached hydrogens (tertiary/aromatic N) is 2. The first kappa shape index (κ1) is 22.0. The van der Waals surface area contributed by atoms with E-state index in [1.807, 2.05) is 0 Å². The predicted octanol–water partition coefficient (Wildman–Crippen LogP) is 3.52. The van der Waals surface area contributed by atoms with E-state index in [0.29, 0.717) is 22.1 Å². The molecule has 9 heteroatoms. The highest BCUT2D eigenvalue weighted by molar-refractivity contribution is 7.99. The second-order valence-corrected chi connectivity index (χ2v) is 8.61. The molecule has 0 saturated carbocycles. The fraction of sp³-hybridized carbons (Fsp3) is 0.722. The summed E-state index contributed by atoms with van der Waals surface area (Å²) in [7, 11) is 0. The third kappa shape index (κ3) is 7.67. The number of hydrogen-bond acceptors (Lipinski definition) is 6. The minimum absolute atomic E-state index is 0.318. The lowest BCUT2D eigenvalue weighted by atomic mass is 10.2. The standard InChI is InChI=1S/C18H31N5O2S2/c1-2-3-4-7-13-26-17-14(15(19)24)16(27-22-17)21-18(25)20-9-8-12-23-10-5-6-11-23/h2-13H2,1H3,(H2,19,24)(H2,20,21,25). The summed E-state index contributed by atoms with van der Waals surface area (Å²) in [5.41, 5.74) is 5.84. The molecule has 1 aromatic heterocycles. The zero-order valence-corrected chi connectivity index (χ0v) is 17.7. The first-order chi connectivity index (χ1) is 13.1. The summed E-state index contributed by atoms with van der Waals surface area (Å²) in [5.74, 6) is 0.343.